The molecular formula is C16H26N2O2. The van der Waals surface area contributed by atoms with Gasteiger partial charge < -0.3 is 15.4 Å². The first kappa shape index (κ1) is 16.5. The normalized spacial score (nSPS) is 11.4. The van der Waals surface area contributed by atoms with Crippen LogP contribution in [0.15, 0.2) is 24.3 Å². The highest BCUT2D eigenvalue weighted by Crippen LogP contribution is 2.17. The van der Waals surface area contributed by atoms with E-state index in [9.17, 15) is 4.79 Å². The summed E-state index contributed by atoms with van der Waals surface area (Å²) in [6, 6.07) is 7.67. The third-order valence-corrected chi connectivity index (χ3v) is 3.30. The number of hydrogen-bond donors (Lipinski definition) is 1. The van der Waals surface area contributed by atoms with Crippen LogP contribution in [0.3, 0.4) is 0 Å². The van der Waals surface area contributed by atoms with Crippen LogP contribution in [0.25, 0.3) is 0 Å². The molecule has 2 N–H and O–H groups in total. The molecule has 0 spiro atoms. The second-order valence-electron chi connectivity index (χ2n) is 5.70. The first-order valence-electron chi connectivity index (χ1n) is 7.05. The molecule has 1 rings (SSSR count). The molecule has 0 aromatic heterocycles. The summed E-state index contributed by atoms with van der Waals surface area (Å²) in [5.41, 5.74) is 7.14. The first-order valence-corrected chi connectivity index (χ1v) is 7.05. The van der Waals surface area contributed by atoms with Crippen LogP contribution in [0.2, 0.25) is 0 Å². The van der Waals surface area contributed by atoms with Gasteiger partial charge in [-0.25, -0.2) is 0 Å². The highest BCUT2D eigenvalue weighted by atomic mass is 16.5. The minimum Gasteiger partial charge on any atom is -0.399 e. The van der Waals surface area contributed by atoms with Crippen molar-refractivity contribution in [2.75, 3.05) is 19.4 Å². The SMILES string of the molecule is CCCN(Cc1cccc(N)c1)C(=O)CC(C)(C)OC. The van der Waals surface area contributed by atoms with Crippen LogP contribution in [-0.4, -0.2) is 30.1 Å². The fourth-order valence-electron chi connectivity index (χ4n) is 2.02. The number of anilines is 1. The van der Waals surface area contributed by atoms with Crippen molar-refractivity contribution >= 4 is 11.6 Å². The molecular weight excluding hydrogens is 252 g/mol. The minimum absolute atomic E-state index is 0.112. The zero-order chi connectivity index (χ0) is 15.2. The van der Waals surface area contributed by atoms with Crippen LogP contribution < -0.4 is 5.73 Å². The largest absolute Gasteiger partial charge is 0.399 e. The summed E-state index contributed by atoms with van der Waals surface area (Å²) in [7, 11) is 1.63. The van der Waals surface area contributed by atoms with Gasteiger partial charge in [-0.2, -0.15) is 0 Å². The van der Waals surface area contributed by atoms with E-state index in [0.717, 1.165) is 24.2 Å². The lowest BCUT2D eigenvalue weighted by Gasteiger charge is -2.28. The fraction of sp³-hybridized carbons (Fsp3) is 0.562. The monoisotopic (exact) mass is 278 g/mol. The van der Waals surface area contributed by atoms with Gasteiger partial charge in [-0.15, -0.1) is 0 Å². The van der Waals surface area contributed by atoms with Gasteiger partial charge in [0.15, 0.2) is 0 Å². The molecule has 0 unspecified atom stereocenters. The number of nitrogens with two attached hydrogens (primary N) is 1. The summed E-state index contributed by atoms with van der Waals surface area (Å²) in [5.74, 6) is 0.112. The second kappa shape index (κ2) is 7.29. The topological polar surface area (TPSA) is 55.6 Å². The van der Waals surface area contributed by atoms with Crippen molar-refractivity contribution in [2.24, 2.45) is 0 Å². The highest BCUT2D eigenvalue weighted by Gasteiger charge is 2.24. The molecule has 0 atom stereocenters. The lowest BCUT2D eigenvalue weighted by molar-refractivity contribution is -0.137. The smallest absolute Gasteiger partial charge is 0.225 e. The number of benzene rings is 1. The van der Waals surface area contributed by atoms with Gasteiger partial charge in [0.05, 0.1) is 12.0 Å². The molecule has 1 amide bonds. The standard InChI is InChI=1S/C16H26N2O2/c1-5-9-18(15(19)11-16(2,3)20-4)12-13-7-6-8-14(17)10-13/h6-8,10H,5,9,11-12,17H2,1-4H3. The summed E-state index contributed by atoms with van der Waals surface area (Å²) in [6.07, 6.45) is 1.31. The van der Waals surface area contributed by atoms with E-state index >= 15 is 0 Å². The van der Waals surface area contributed by atoms with Crippen LogP contribution in [0.5, 0.6) is 0 Å². The van der Waals surface area contributed by atoms with Crippen LogP contribution in [0.4, 0.5) is 5.69 Å². The van der Waals surface area contributed by atoms with Gasteiger partial charge in [-0.3, -0.25) is 4.79 Å². The van der Waals surface area contributed by atoms with Gasteiger partial charge in [-0.05, 0) is 38.0 Å². The van der Waals surface area contributed by atoms with Crippen LogP contribution in [-0.2, 0) is 16.1 Å². The van der Waals surface area contributed by atoms with Crippen molar-refractivity contribution in [3.05, 3.63) is 29.8 Å². The molecule has 1 aromatic rings. The summed E-state index contributed by atoms with van der Waals surface area (Å²) < 4.78 is 5.34. The van der Waals surface area contributed by atoms with E-state index in [1.165, 1.54) is 0 Å². The van der Waals surface area contributed by atoms with Crippen molar-refractivity contribution < 1.29 is 9.53 Å². The molecule has 0 aliphatic heterocycles. The number of ether oxygens (including phenoxy) is 1. The van der Waals surface area contributed by atoms with E-state index < -0.39 is 5.60 Å². The van der Waals surface area contributed by atoms with Gasteiger partial charge in [-0.1, -0.05) is 19.1 Å². The Bertz CT molecular complexity index is 444. The molecule has 0 aliphatic rings. The molecule has 112 valence electrons. The summed E-state index contributed by atoms with van der Waals surface area (Å²) >= 11 is 0. The third-order valence-electron chi connectivity index (χ3n) is 3.30. The lowest BCUT2D eigenvalue weighted by atomic mass is 10.0. The van der Waals surface area contributed by atoms with Crippen molar-refractivity contribution in [1.82, 2.24) is 4.90 Å². The molecule has 0 saturated heterocycles. The number of nitrogen functional groups attached to an aromatic ring is 1. The molecule has 4 heteroatoms. The first-order chi connectivity index (χ1) is 9.38. The van der Waals surface area contributed by atoms with Gasteiger partial charge >= 0.3 is 0 Å². The molecule has 0 fully saturated rings. The van der Waals surface area contributed by atoms with Gasteiger partial charge in [0.25, 0.3) is 0 Å². The number of nitrogens with zero attached hydrogens (tertiary/aromatic N) is 1. The average Bonchev–Trinajstić information content (AvgIpc) is 2.38. The predicted molar refractivity (Wildman–Crippen MR) is 82.3 cm³/mol. The van der Waals surface area contributed by atoms with E-state index in [-0.39, 0.29) is 5.91 Å². The van der Waals surface area contributed by atoms with Crippen molar-refractivity contribution in [3.63, 3.8) is 0 Å². The summed E-state index contributed by atoms with van der Waals surface area (Å²) in [5, 5.41) is 0. The van der Waals surface area contributed by atoms with E-state index in [0.29, 0.717) is 13.0 Å². The van der Waals surface area contributed by atoms with Crippen LogP contribution in [0.1, 0.15) is 39.2 Å². The molecule has 0 radical (unpaired) electrons. The average molecular weight is 278 g/mol. The molecule has 4 nitrogen and oxygen atoms in total. The van der Waals surface area contributed by atoms with Crippen molar-refractivity contribution in [1.29, 1.82) is 0 Å². The van der Waals surface area contributed by atoms with E-state index in [1.807, 2.05) is 43.0 Å². The maximum Gasteiger partial charge on any atom is 0.225 e. The highest BCUT2D eigenvalue weighted by molar-refractivity contribution is 5.77. The maximum absolute atomic E-state index is 12.4. The number of carbonyl (C=O) groups is 1. The van der Waals surface area contributed by atoms with E-state index in [4.69, 9.17) is 10.5 Å². The number of carbonyl (C=O) groups excluding carboxylic acids is 1. The third kappa shape index (κ3) is 5.21. The molecule has 1 aromatic carbocycles. The zero-order valence-electron chi connectivity index (χ0n) is 13.0. The van der Waals surface area contributed by atoms with E-state index in [1.54, 1.807) is 7.11 Å². The Balaban J connectivity index is 2.76. The lowest BCUT2D eigenvalue weighted by Crippen LogP contribution is -2.37. The quantitative estimate of drug-likeness (QED) is 0.780. The van der Waals surface area contributed by atoms with Crippen molar-refractivity contribution in [2.45, 2.75) is 45.8 Å². The van der Waals surface area contributed by atoms with Gasteiger partial charge in [0.1, 0.15) is 0 Å². The Morgan fingerprint density at radius 2 is 2.10 bits per heavy atom. The Morgan fingerprint density at radius 1 is 1.40 bits per heavy atom. The number of methoxy groups -OCH3 is 1. The van der Waals surface area contributed by atoms with E-state index in [2.05, 4.69) is 6.92 Å². The maximum atomic E-state index is 12.4. The number of rotatable bonds is 7. The van der Waals surface area contributed by atoms with Crippen LogP contribution in [0, 0.1) is 0 Å². The Labute approximate surface area is 121 Å². The molecule has 20 heavy (non-hydrogen) atoms. The van der Waals surface area contributed by atoms with Crippen LogP contribution >= 0.6 is 0 Å². The fourth-order valence-corrected chi connectivity index (χ4v) is 2.02. The zero-order valence-corrected chi connectivity index (χ0v) is 13.0. The van der Waals surface area contributed by atoms with Gasteiger partial charge in [0.2, 0.25) is 5.91 Å². The summed E-state index contributed by atoms with van der Waals surface area (Å²) in [4.78, 5) is 14.3. The number of amides is 1. The van der Waals surface area contributed by atoms with Crippen molar-refractivity contribution in [3.8, 4) is 0 Å². The Kier molecular flexibility index (Phi) is 6.02. The minimum atomic E-state index is -0.432. The predicted octanol–water partition coefficient (Wildman–Crippen LogP) is 2.82. The molecule has 0 aliphatic carbocycles. The molecule has 0 heterocycles. The number of hydrogen-bond acceptors (Lipinski definition) is 3. The van der Waals surface area contributed by atoms with Gasteiger partial charge in [0, 0.05) is 25.9 Å². The second-order valence-corrected chi connectivity index (χ2v) is 5.70. The Morgan fingerprint density at radius 3 is 2.65 bits per heavy atom. The molecule has 0 saturated carbocycles. The molecule has 0 bridgehead atoms. The summed E-state index contributed by atoms with van der Waals surface area (Å²) in [6.45, 7) is 7.26. The Hall–Kier alpha value is -1.55.